The molecule has 0 radical (unpaired) electrons. The van der Waals surface area contributed by atoms with Crippen molar-refractivity contribution in [2.24, 2.45) is 5.92 Å². The summed E-state index contributed by atoms with van der Waals surface area (Å²) in [5.41, 5.74) is 1.45. The number of anilines is 1. The third kappa shape index (κ3) is 4.95. The minimum atomic E-state index is -3.79. The summed E-state index contributed by atoms with van der Waals surface area (Å²) < 4.78 is 28.1. The summed E-state index contributed by atoms with van der Waals surface area (Å²) in [6.45, 7) is 4.77. The van der Waals surface area contributed by atoms with E-state index in [1.54, 1.807) is 4.90 Å². The van der Waals surface area contributed by atoms with Gasteiger partial charge >= 0.3 is 0 Å². The SMILES string of the molecule is O=C(c1cc(S(=O)(=O)N2CCC[C@H](C(=O)N3CCN(c4ccccc4)CC3)C2)c[nH]1)N1CCCC1. The Morgan fingerprint density at radius 2 is 1.57 bits per heavy atom. The lowest BCUT2D eigenvalue weighted by Gasteiger charge is -2.39. The molecule has 0 saturated carbocycles. The fourth-order valence-corrected chi connectivity index (χ4v) is 6.85. The molecule has 1 aromatic heterocycles. The number of hydrogen-bond donors (Lipinski definition) is 1. The fraction of sp³-hybridized carbons (Fsp3) is 0.520. The quantitative estimate of drug-likeness (QED) is 0.679. The van der Waals surface area contributed by atoms with Crippen LogP contribution < -0.4 is 4.90 Å². The first-order valence-corrected chi connectivity index (χ1v) is 13.9. The van der Waals surface area contributed by atoms with Gasteiger partial charge in [-0.05, 0) is 43.9 Å². The summed E-state index contributed by atoms with van der Waals surface area (Å²) in [5, 5.41) is 0. The zero-order valence-electron chi connectivity index (χ0n) is 19.9. The molecule has 2 aromatic rings. The van der Waals surface area contributed by atoms with Gasteiger partial charge in [-0.3, -0.25) is 9.59 Å². The molecular formula is C25H33N5O4S. The van der Waals surface area contributed by atoms with Gasteiger partial charge in [0.15, 0.2) is 0 Å². The second kappa shape index (κ2) is 10.0. The number of aromatic amines is 1. The second-order valence-corrected chi connectivity index (χ2v) is 11.5. The minimum Gasteiger partial charge on any atom is -0.368 e. The van der Waals surface area contributed by atoms with Crippen LogP contribution in [0.15, 0.2) is 47.5 Å². The van der Waals surface area contributed by atoms with Crippen LogP contribution in [0.2, 0.25) is 0 Å². The Morgan fingerprint density at radius 1 is 0.857 bits per heavy atom. The average Bonchev–Trinajstić information content (AvgIpc) is 3.62. The van der Waals surface area contributed by atoms with E-state index in [0.717, 1.165) is 31.6 Å². The van der Waals surface area contributed by atoms with Gasteiger partial charge in [-0.1, -0.05) is 18.2 Å². The number of amides is 2. The third-order valence-electron chi connectivity index (χ3n) is 7.36. The Balaban J connectivity index is 1.21. The Hall–Kier alpha value is -2.85. The van der Waals surface area contributed by atoms with Crippen LogP contribution in [0, 0.1) is 5.92 Å². The number of benzene rings is 1. The van der Waals surface area contributed by atoms with E-state index in [0.29, 0.717) is 51.3 Å². The summed E-state index contributed by atoms with van der Waals surface area (Å²) in [5.74, 6) is -0.465. The molecule has 0 bridgehead atoms. The topological polar surface area (TPSA) is 97.0 Å². The van der Waals surface area contributed by atoms with Gasteiger partial charge in [-0.15, -0.1) is 0 Å². The molecule has 3 saturated heterocycles. The van der Waals surface area contributed by atoms with Gasteiger partial charge in [-0.25, -0.2) is 8.42 Å². The maximum atomic E-state index is 13.3. The summed E-state index contributed by atoms with van der Waals surface area (Å²) >= 11 is 0. The molecule has 1 aromatic carbocycles. The van der Waals surface area contributed by atoms with E-state index in [-0.39, 0.29) is 29.2 Å². The molecule has 3 fully saturated rings. The lowest BCUT2D eigenvalue weighted by atomic mass is 9.97. The first kappa shape index (κ1) is 23.9. The third-order valence-corrected chi connectivity index (χ3v) is 9.21. The van der Waals surface area contributed by atoms with Crippen molar-refractivity contribution in [1.29, 1.82) is 0 Å². The molecule has 9 nitrogen and oxygen atoms in total. The summed E-state index contributed by atoms with van der Waals surface area (Å²) in [7, 11) is -3.79. The molecular weight excluding hydrogens is 466 g/mol. The predicted molar refractivity (Wildman–Crippen MR) is 133 cm³/mol. The number of H-pyrrole nitrogens is 1. The largest absolute Gasteiger partial charge is 0.368 e. The van der Waals surface area contributed by atoms with E-state index in [2.05, 4.69) is 22.0 Å². The maximum Gasteiger partial charge on any atom is 0.270 e. The highest BCUT2D eigenvalue weighted by molar-refractivity contribution is 7.89. The van der Waals surface area contributed by atoms with Crippen LogP contribution in [0.3, 0.4) is 0 Å². The number of sulfonamides is 1. The molecule has 0 unspecified atom stereocenters. The van der Waals surface area contributed by atoms with E-state index >= 15 is 0 Å². The highest BCUT2D eigenvalue weighted by atomic mass is 32.2. The van der Waals surface area contributed by atoms with E-state index in [1.807, 2.05) is 23.1 Å². The van der Waals surface area contributed by atoms with E-state index < -0.39 is 10.0 Å². The standard InChI is InChI=1S/C25H33N5O4S/c31-24(29-15-13-27(14-16-29)21-8-2-1-3-9-21)20-7-6-12-30(19-20)35(33,34)22-17-23(26-18-22)25(32)28-10-4-5-11-28/h1-3,8-9,17-18,20,26H,4-7,10-16,19H2/t20-/m0/s1. The first-order chi connectivity index (χ1) is 16.9. The molecule has 3 aliphatic rings. The zero-order valence-corrected chi connectivity index (χ0v) is 20.8. The van der Waals surface area contributed by atoms with Crippen LogP contribution in [0.1, 0.15) is 36.2 Å². The highest BCUT2D eigenvalue weighted by Crippen LogP contribution is 2.27. The van der Waals surface area contributed by atoms with Gasteiger partial charge in [0.1, 0.15) is 10.6 Å². The van der Waals surface area contributed by atoms with Gasteiger partial charge in [-0.2, -0.15) is 4.31 Å². The summed E-state index contributed by atoms with van der Waals surface area (Å²) in [6, 6.07) is 11.6. The normalized spacial score (nSPS) is 21.9. The number of hydrogen-bond acceptors (Lipinski definition) is 5. The van der Waals surface area contributed by atoms with Crippen molar-refractivity contribution < 1.29 is 18.0 Å². The second-order valence-electron chi connectivity index (χ2n) is 9.60. The molecule has 2 amide bonds. The smallest absolute Gasteiger partial charge is 0.270 e. The summed E-state index contributed by atoms with van der Waals surface area (Å²) in [6.07, 6.45) is 4.68. The van der Waals surface area contributed by atoms with E-state index in [9.17, 15) is 18.0 Å². The monoisotopic (exact) mass is 499 g/mol. The predicted octanol–water partition coefficient (Wildman–Crippen LogP) is 2.00. The molecule has 35 heavy (non-hydrogen) atoms. The molecule has 0 aliphatic carbocycles. The van der Waals surface area contributed by atoms with E-state index in [1.165, 1.54) is 16.6 Å². The Kier molecular flexibility index (Phi) is 6.84. The molecule has 0 spiro atoms. The van der Waals surface area contributed by atoms with Crippen LogP contribution in [0.4, 0.5) is 5.69 Å². The zero-order chi connectivity index (χ0) is 24.4. The number of likely N-dealkylation sites (tertiary alicyclic amines) is 1. The van der Waals surface area contributed by atoms with Crippen molar-refractivity contribution in [1.82, 2.24) is 19.1 Å². The van der Waals surface area contributed by atoms with Crippen molar-refractivity contribution >= 4 is 27.5 Å². The highest BCUT2D eigenvalue weighted by Gasteiger charge is 2.36. The molecule has 188 valence electrons. The Bertz CT molecular complexity index is 1150. The van der Waals surface area contributed by atoms with Gasteiger partial charge < -0.3 is 19.7 Å². The lowest BCUT2D eigenvalue weighted by molar-refractivity contribution is -0.137. The molecule has 5 rings (SSSR count). The van der Waals surface area contributed by atoms with Crippen LogP contribution in [0.5, 0.6) is 0 Å². The Labute approximate surface area is 206 Å². The fourth-order valence-electron chi connectivity index (χ4n) is 5.33. The van der Waals surface area contributed by atoms with Crippen molar-refractivity contribution in [3.05, 3.63) is 48.3 Å². The number of para-hydroxylation sites is 1. The van der Waals surface area contributed by atoms with Crippen LogP contribution in [-0.4, -0.2) is 91.7 Å². The number of rotatable bonds is 5. The summed E-state index contributed by atoms with van der Waals surface area (Å²) in [4.78, 5) is 34.7. The van der Waals surface area contributed by atoms with Crippen molar-refractivity contribution in [2.45, 2.75) is 30.6 Å². The lowest BCUT2D eigenvalue weighted by Crippen LogP contribution is -2.53. The van der Waals surface area contributed by atoms with Crippen LogP contribution >= 0.6 is 0 Å². The molecule has 1 N–H and O–H groups in total. The van der Waals surface area contributed by atoms with Crippen LogP contribution in [-0.2, 0) is 14.8 Å². The molecule has 3 aliphatic heterocycles. The van der Waals surface area contributed by atoms with Gasteiger partial charge in [0, 0.05) is 64.2 Å². The first-order valence-electron chi connectivity index (χ1n) is 12.5. The average molecular weight is 500 g/mol. The van der Waals surface area contributed by atoms with Crippen molar-refractivity contribution in [3.63, 3.8) is 0 Å². The number of aromatic nitrogens is 1. The molecule has 10 heteroatoms. The van der Waals surface area contributed by atoms with Gasteiger partial charge in [0.05, 0.1) is 5.92 Å². The number of nitrogens with zero attached hydrogens (tertiary/aromatic N) is 4. The van der Waals surface area contributed by atoms with Gasteiger partial charge in [0.25, 0.3) is 5.91 Å². The Morgan fingerprint density at radius 3 is 2.29 bits per heavy atom. The number of piperidine rings is 1. The van der Waals surface area contributed by atoms with Crippen molar-refractivity contribution in [3.8, 4) is 0 Å². The number of carbonyl (C=O) groups excluding carboxylic acids is 2. The van der Waals surface area contributed by atoms with Gasteiger partial charge in [0.2, 0.25) is 15.9 Å². The number of nitrogens with one attached hydrogen (secondary N) is 1. The van der Waals surface area contributed by atoms with Crippen molar-refractivity contribution in [2.75, 3.05) is 57.3 Å². The van der Waals surface area contributed by atoms with Crippen LogP contribution in [0.25, 0.3) is 0 Å². The molecule has 4 heterocycles. The van der Waals surface area contributed by atoms with E-state index in [4.69, 9.17) is 0 Å². The molecule has 1 atom stereocenters. The number of carbonyl (C=O) groups is 2. The minimum absolute atomic E-state index is 0.0385. The number of piperazine rings is 1. The maximum absolute atomic E-state index is 13.3.